The minimum atomic E-state index is -5.11. The van der Waals surface area contributed by atoms with Crippen LogP contribution in [0.3, 0.4) is 0 Å². The number of rotatable bonds is 6. The second-order valence-corrected chi connectivity index (χ2v) is 8.06. The van der Waals surface area contributed by atoms with E-state index in [4.69, 9.17) is 10.00 Å². The smallest absolute Gasteiger partial charge is 0.437 e. The van der Waals surface area contributed by atoms with Gasteiger partial charge in [0, 0.05) is 11.3 Å². The number of halogens is 5. The summed E-state index contributed by atoms with van der Waals surface area (Å²) >= 11 is 0. The van der Waals surface area contributed by atoms with E-state index in [-0.39, 0.29) is 12.1 Å². The molecule has 0 aliphatic heterocycles. The topological polar surface area (TPSA) is 101 Å². The highest BCUT2D eigenvalue weighted by molar-refractivity contribution is 5.63. The van der Waals surface area contributed by atoms with Crippen molar-refractivity contribution < 1.29 is 26.7 Å². The van der Waals surface area contributed by atoms with Crippen molar-refractivity contribution in [1.82, 2.24) is 14.5 Å². The van der Waals surface area contributed by atoms with Crippen molar-refractivity contribution in [3.05, 3.63) is 110 Å². The van der Waals surface area contributed by atoms with E-state index in [1.54, 1.807) is 6.92 Å². The van der Waals surface area contributed by atoms with Crippen LogP contribution in [0.5, 0.6) is 11.5 Å². The van der Waals surface area contributed by atoms with E-state index in [2.05, 4.69) is 9.97 Å². The zero-order chi connectivity index (χ0) is 27.6. The first-order valence-corrected chi connectivity index (χ1v) is 11.1. The lowest BCUT2D eigenvalue weighted by molar-refractivity contribution is -0.142. The van der Waals surface area contributed by atoms with Gasteiger partial charge in [-0.25, -0.2) is 13.8 Å². The molecular formula is C26H17F5N4O3. The predicted octanol–water partition coefficient (Wildman–Crippen LogP) is 5.17. The van der Waals surface area contributed by atoms with E-state index in [9.17, 15) is 31.5 Å². The summed E-state index contributed by atoms with van der Waals surface area (Å²) in [6.45, 7) is 1.40. The second kappa shape index (κ2) is 10.3. The molecule has 4 rings (SSSR count). The molecule has 0 fully saturated rings. The summed E-state index contributed by atoms with van der Waals surface area (Å²) in [5.74, 6) is -3.80. The second-order valence-electron chi connectivity index (χ2n) is 8.06. The van der Waals surface area contributed by atoms with Crippen LogP contribution >= 0.6 is 0 Å². The van der Waals surface area contributed by atoms with Crippen molar-refractivity contribution in [2.45, 2.75) is 26.1 Å². The average molecular weight is 528 g/mol. The molecule has 12 heteroatoms. The number of aryl methyl sites for hydroxylation is 1. The largest absolute Gasteiger partial charge is 0.446 e. The number of pyridine rings is 1. The molecule has 0 atom stereocenters. The van der Waals surface area contributed by atoms with Gasteiger partial charge in [0.05, 0.1) is 18.4 Å². The molecule has 0 bridgehead atoms. The Labute approximate surface area is 211 Å². The number of nitriles is 1. The molecule has 0 aliphatic rings. The third-order valence-electron chi connectivity index (χ3n) is 5.63. The molecule has 7 nitrogen and oxygen atoms in total. The van der Waals surface area contributed by atoms with Gasteiger partial charge in [-0.3, -0.25) is 14.2 Å². The van der Waals surface area contributed by atoms with Crippen molar-refractivity contribution in [2.24, 2.45) is 0 Å². The molecule has 0 amide bonds. The van der Waals surface area contributed by atoms with Gasteiger partial charge in [-0.1, -0.05) is 25.1 Å². The molecule has 2 heterocycles. The standard InChI is InChI=1S/C26H17F5N4O3/c1-2-19-16(10-18(24(36)34-19)14-6-8-17(27)9-7-14)12-35-13-33-23(26(29,30)31)22(25(35)37)38-20-5-3-4-15(11-32)21(20)28/h3-10,13H,2,12H2,1H3,(H,34,36). The summed E-state index contributed by atoms with van der Waals surface area (Å²) in [4.78, 5) is 31.8. The molecule has 0 aliphatic carbocycles. The van der Waals surface area contributed by atoms with Crippen LogP contribution in [0.4, 0.5) is 22.0 Å². The van der Waals surface area contributed by atoms with Crippen molar-refractivity contribution in [2.75, 3.05) is 0 Å². The van der Waals surface area contributed by atoms with Crippen molar-refractivity contribution in [3.8, 4) is 28.7 Å². The zero-order valence-electron chi connectivity index (χ0n) is 19.6. The Bertz CT molecular complexity index is 1670. The quantitative estimate of drug-likeness (QED) is 0.348. The number of hydrogen-bond acceptors (Lipinski definition) is 5. The average Bonchev–Trinajstić information content (AvgIpc) is 2.88. The maximum absolute atomic E-state index is 14.5. The molecule has 4 aromatic rings. The maximum Gasteiger partial charge on any atom is 0.437 e. The van der Waals surface area contributed by atoms with E-state index in [0.717, 1.165) is 28.8 Å². The Kier molecular flexibility index (Phi) is 7.12. The fourth-order valence-electron chi connectivity index (χ4n) is 3.76. The molecule has 0 saturated carbocycles. The zero-order valence-corrected chi connectivity index (χ0v) is 19.6. The van der Waals surface area contributed by atoms with Gasteiger partial charge in [0.1, 0.15) is 11.9 Å². The van der Waals surface area contributed by atoms with Gasteiger partial charge < -0.3 is 9.72 Å². The molecule has 194 valence electrons. The summed E-state index contributed by atoms with van der Waals surface area (Å²) < 4.78 is 74.7. The van der Waals surface area contributed by atoms with Crippen molar-refractivity contribution in [1.29, 1.82) is 5.26 Å². The van der Waals surface area contributed by atoms with Gasteiger partial charge in [-0.2, -0.15) is 18.4 Å². The molecule has 2 aromatic carbocycles. The summed E-state index contributed by atoms with van der Waals surface area (Å²) in [5.41, 5.74) is -2.61. The Morgan fingerprint density at radius 2 is 1.82 bits per heavy atom. The van der Waals surface area contributed by atoms with Gasteiger partial charge in [-0.05, 0) is 47.9 Å². The lowest BCUT2D eigenvalue weighted by Gasteiger charge is -2.16. The Morgan fingerprint density at radius 1 is 1.11 bits per heavy atom. The number of nitrogens with one attached hydrogen (secondary N) is 1. The number of ether oxygens (including phenoxy) is 1. The summed E-state index contributed by atoms with van der Waals surface area (Å²) in [5, 5.41) is 9.00. The number of hydrogen-bond donors (Lipinski definition) is 1. The third kappa shape index (κ3) is 5.17. The highest BCUT2D eigenvalue weighted by Crippen LogP contribution is 2.35. The van der Waals surface area contributed by atoms with E-state index in [0.29, 0.717) is 29.6 Å². The van der Waals surface area contributed by atoms with Crippen LogP contribution in [0.15, 0.2) is 64.4 Å². The lowest BCUT2D eigenvalue weighted by atomic mass is 10.0. The van der Waals surface area contributed by atoms with Gasteiger partial charge in [0.2, 0.25) is 5.75 Å². The number of H-pyrrole nitrogens is 1. The minimum Gasteiger partial charge on any atom is -0.446 e. The molecule has 0 unspecified atom stereocenters. The van der Waals surface area contributed by atoms with Crippen LogP contribution in [0.25, 0.3) is 11.1 Å². The van der Waals surface area contributed by atoms with Crippen LogP contribution in [-0.4, -0.2) is 14.5 Å². The number of aromatic nitrogens is 3. The van der Waals surface area contributed by atoms with E-state index in [1.807, 2.05) is 0 Å². The molecule has 38 heavy (non-hydrogen) atoms. The van der Waals surface area contributed by atoms with E-state index in [1.165, 1.54) is 30.3 Å². The van der Waals surface area contributed by atoms with Crippen LogP contribution in [-0.2, 0) is 19.1 Å². The first-order chi connectivity index (χ1) is 18.0. The van der Waals surface area contributed by atoms with E-state index >= 15 is 0 Å². The van der Waals surface area contributed by atoms with Crippen LogP contribution < -0.4 is 15.9 Å². The predicted molar refractivity (Wildman–Crippen MR) is 126 cm³/mol. The minimum absolute atomic E-state index is 0.150. The van der Waals surface area contributed by atoms with Crippen molar-refractivity contribution in [3.63, 3.8) is 0 Å². The summed E-state index contributed by atoms with van der Waals surface area (Å²) in [6.07, 6.45) is -4.13. The Hall–Kier alpha value is -4.79. The Morgan fingerprint density at radius 3 is 2.45 bits per heavy atom. The van der Waals surface area contributed by atoms with Crippen LogP contribution in [0.1, 0.15) is 29.4 Å². The monoisotopic (exact) mass is 528 g/mol. The van der Waals surface area contributed by atoms with Crippen molar-refractivity contribution >= 4 is 0 Å². The van der Waals surface area contributed by atoms with Gasteiger partial charge in [-0.15, -0.1) is 0 Å². The fourth-order valence-corrected chi connectivity index (χ4v) is 3.76. The number of nitrogens with zero attached hydrogens (tertiary/aromatic N) is 3. The number of aromatic amines is 1. The SMILES string of the molecule is CCc1[nH]c(=O)c(-c2ccc(F)cc2)cc1Cn1cnc(C(F)(F)F)c(Oc2cccc(C#N)c2F)c1=O. The summed E-state index contributed by atoms with van der Waals surface area (Å²) in [6, 6.07) is 11.3. The molecule has 0 spiro atoms. The van der Waals surface area contributed by atoms with Gasteiger partial charge in [0.15, 0.2) is 17.3 Å². The first-order valence-electron chi connectivity index (χ1n) is 11.1. The fraction of sp³-hybridized carbons (Fsp3) is 0.154. The Balaban J connectivity index is 1.83. The normalized spacial score (nSPS) is 11.3. The lowest BCUT2D eigenvalue weighted by Crippen LogP contribution is -2.27. The van der Waals surface area contributed by atoms with Gasteiger partial charge >= 0.3 is 6.18 Å². The summed E-state index contributed by atoms with van der Waals surface area (Å²) in [7, 11) is 0. The number of benzene rings is 2. The van der Waals surface area contributed by atoms with Crippen LogP contribution in [0, 0.1) is 23.0 Å². The highest BCUT2D eigenvalue weighted by atomic mass is 19.4. The van der Waals surface area contributed by atoms with Gasteiger partial charge in [0.25, 0.3) is 11.1 Å². The molecular weight excluding hydrogens is 511 g/mol. The number of alkyl halides is 3. The molecule has 1 N–H and O–H groups in total. The van der Waals surface area contributed by atoms with Crippen LogP contribution in [0.2, 0.25) is 0 Å². The molecule has 0 saturated heterocycles. The first kappa shape index (κ1) is 26.3. The highest BCUT2D eigenvalue weighted by Gasteiger charge is 2.39. The third-order valence-corrected chi connectivity index (χ3v) is 5.63. The van der Waals surface area contributed by atoms with E-state index < -0.39 is 51.7 Å². The molecule has 0 radical (unpaired) electrons. The molecule has 2 aromatic heterocycles. The maximum atomic E-state index is 14.5.